The molecule has 1 aliphatic heterocycles. The smallest absolute Gasteiger partial charge is 0.301 e. The summed E-state index contributed by atoms with van der Waals surface area (Å²) < 4.78 is 12.6. The standard InChI is InChI=1S/C30H28N2O5S/c1-4-15-37-22-14-12-20(17-23(22)36-5-2)26-25(27(33)19-9-7-6-8-10-19)28(34)29(35)32(26)30-31-21-13-11-18(3)16-24(21)38-30/h6-14,16-17,26,33H,4-5,15H2,1-3H3. The Morgan fingerprint density at radius 3 is 2.53 bits per heavy atom. The topological polar surface area (TPSA) is 89.0 Å². The van der Waals surface area contributed by atoms with Crippen molar-refractivity contribution in [3.05, 3.63) is 89.0 Å². The number of aryl methyl sites for hydroxylation is 1. The molecule has 1 amide bonds. The number of carbonyl (C=O) groups is 2. The summed E-state index contributed by atoms with van der Waals surface area (Å²) >= 11 is 1.33. The molecule has 8 heteroatoms. The number of thiazole rings is 1. The number of ketones is 1. The average molecular weight is 529 g/mol. The molecular weight excluding hydrogens is 500 g/mol. The van der Waals surface area contributed by atoms with E-state index in [0.717, 1.165) is 22.2 Å². The second kappa shape index (κ2) is 10.7. The number of hydrogen-bond acceptors (Lipinski definition) is 7. The maximum absolute atomic E-state index is 13.5. The molecule has 0 aliphatic carbocycles. The van der Waals surface area contributed by atoms with Crippen molar-refractivity contribution in [1.29, 1.82) is 0 Å². The summed E-state index contributed by atoms with van der Waals surface area (Å²) in [7, 11) is 0. The van der Waals surface area contributed by atoms with E-state index in [4.69, 9.17) is 14.5 Å². The van der Waals surface area contributed by atoms with Crippen LogP contribution < -0.4 is 14.4 Å². The lowest BCUT2D eigenvalue weighted by Gasteiger charge is -2.24. The van der Waals surface area contributed by atoms with Crippen LogP contribution in [0.4, 0.5) is 5.13 Å². The van der Waals surface area contributed by atoms with E-state index in [1.54, 1.807) is 42.5 Å². The molecule has 3 aromatic carbocycles. The minimum absolute atomic E-state index is 0.00121. The van der Waals surface area contributed by atoms with Gasteiger partial charge in [-0.3, -0.25) is 14.5 Å². The van der Waals surface area contributed by atoms with E-state index in [9.17, 15) is 14.7 Å². The number of amides is 1. The van der Waals surface area contributed by atoms with Gasteiger partial charge in [0, 0.05) is 5.56 Å². The number of nitrogens with zero attached hydrogens (tertiary/aromatic N) is 2. The highest BCUT2D eigenvalue weighted by atomic mass is 32.1. The number of rotatable bonds is 8. The van der Waals surface area contributed by atoms with E-state index >= 15 is 0 Å². The average Bonchev–Trinajstić information content (AvgIpc) is 3.45. The predicted molar refractivity (Wildman–Crippen MR) is 149 cm³/mol. The molecule has 1 aliphatic rings. The van der Waals surface area contributed by atoms with Crippen LogP contribution in [0.1, 0.15) is 43.0 Å². The number of hydrogen-bond donors (Lipinski definition) is 1. The number of aliphatic hydroxyl groups excluding tert-OH is 1. The summed E-state index contributed by atoms with van der Waals surface area (Å²) in [4.78, 5) is 33.1. The number of Topliss-reactive ketones (excluding diaryl/α,β-unsaturated/α-hetero) is 1. The van der Waals surface area contributed by atoms with Crippen molar-refractivity contribution in [1.82, 2.24) is 4.98 Å². The summed E-state index contributed by atoms with van der Waals surface area (Å²) in [5, 5.41) is 11.7. The Morgan fingerprint density at radius 2 is 1.79 bits per heavy atom. The second-order valence-electron chi connectivity index (χ2n) is 8.99. The minimum Gasteiger partial charge on any atom is -0.507 e. The molecule has 1 fully saturated rings. The number of benzene rings is 3. The monoisotopic (exact) mass is 528 g/mol. The molecule has 1 N–H and O–H groups in total. The summed E-state index contributed by atoms with van der Waals surface area (Å²) in [6, 6.07) is 19.0. The third kappa shape index (κ3) is 4.63. The zero-order chi connectivity index (χ0) is 26.8. The van der Waals surface area contributed by atoms with Gasteiger partial charge in [-0.2, -0.15) is 0 Å². The summed E-state index contributed by atoms with van der Waals surface area (Å²) in [5.74, 6) is -0.669. The van der Waals surface area contributed by atoms with Crippen LogP contribution in [0.5, 0.6) is 11.5 Å². The highest BCUT2D eigenvalue weighted by Gasteiger charge is 2.48. The van der Waals surface area contributed by atoms with Gasteiger partial charge in [-0.1, -0.05) is 60.7 Å². The first-order valence-electron chi connectivity index (χ1n) is 12.6. The summed E-state index contributed by atoms with van der Waals surface area (Å²) in [5.41, 5.74) is 2.85. The lowest BCUT2D eigenvalue weighted by Crippen LogP contribution is -2.29. The van der Waals surface area contributed by atoms with E-state index in [1.807, 2.05) is 45.0 Å². The number of ether oxygens (including phenoxy) is 2. The van der Waals surface area contributed by atoms with Crippen LogP contribution >= 0.6 is 11.3 Å². The molecule has 0 spiro atoms. The molecule has 1 aromatic heterocycles. The number of aliphatic hydroxyl groups is 1. The van der Waals surface area contributed by atoms with Gasteiger partial charge in [0.2, 0.25) is 0 Å². The Balaban J connectivity index is 1.71. The first-order chi connectivity index (χ1) is 18.4. The largest absolute Gasteiger partial charge is 0.507 e. The van der Waals surface area contributed by atoms with Crippen LogP contribution in [0.15, 0.2) is 72.3 Å². The highest BCUT2D eigenvalue weighted by Crippen LogP contribution is 2.46. The number of carbonyl (C=O) groups excluding carboxylic acids is 2. The lowest BCUT2D eigenvalue weighted by atomic mass is 9.95. The highest BCUT2D eigenvalue weighted by molar-refractivity contribution is 7.22. The Morgan fingerprint density at radius 1 is 1.00 bits per heavy atom. The Kier molecular flexibility index (Phi) is 7.15. The predicted octanol–water partition coefficient (Wildman–Crippen LogP) is 6.42. The third-order valence-electron chi connectivity index (χ3n) is 6.28. The van der Waals surface area contributed by atoms with Gasteiger partial charge in [-0.15, -0.1) is 0 Å². The summed E-state index contributed by atoms with van der Waals surface area (Å²) in [6.07, 6.45) is 0.835. The molecule has 0 radical (unpaired) electrons. The third-order valence-corrected chi connectivity index (χ3v) is 7.29. The van der Waals surface area contributed by atoms with E-state index in [1.165, 1.54) is 16.2 Å². The zero-order valence-corrected chi connectivity index (χ0v) is 22.2. The van der Waals surface area contributed by atoms with Gasteiger partial charge < -0.3 is 14.6 Å². The molecule has 1 saturated heterocycles. The van der Waals surface area contributed by atoms with Gasteiger partial charge in [0.05, 0.1) is 35.0 Å². The SMILES string of the molecule is CCCOc1ccc(C2C(=C(O)c3ccccc3)C(=O)C(=O)N2c2nc3ccc(C)cc3s2)cc1OCC. The van der Waals surface area contributed by atoms with E-state index in [2.05, 4.69) is 0 Å². The molecular formula is C30H28N2O5S. The molecule has 1 unspecified atom stereocenters. The second-order valence-corrected chi connectivity index (χ2v) is 10.00. The van der Waals surface area contributed by atoms with E-state index in [-0.39, 0.29) is 11.3 Å². The zero-order valence-electron chi connectivity index (χ0n) is 21.4. The van der Waals surface area contributed by atoms with Gasteiger partial charge in [0.1, 0.15) is 5.76 Å². The maximum atomic E-state index is 13.5. The summed E-state index contributed by atoms with van der Waals surface area (Å²) in [6.45, 7) is 6.82. The lowest BCUT2D eigenvalue weighted by molar-refractivity contribution is -0.132. The van der Waals surface area contributed by atoms with Gasteiger partial charge in [0.15, 0.2) is 16.6 Å². The molecule has 1 atom stereocenters. The van der Waals surface area contributed by atoms with Crippen LogP contribution in [0.2, 0.25) is 0 Å². The van der Waals surface area contributed by atoms with Gasteiger partial charge in [0.25, 0.3) is 5.78 Å². The molecule has 194 valence electrons. The van der Waals surface area contributed by atoms with Crippen molar-refractivity contribution >= 4 is 44.1 Å². The van der Waals surface area contributed by atoms with Crippen LogP contribution in [0.3, 0.4) is 0 Å². The van der Waals surface area contributed by atoms with Crippen molar-refractivity contribution in [2.24, 2.45) is 0 Å². The van der Waals surface area contributed by atoms with Crippen LogP contribution in [-0.2, 0) is 9.59 Å². The maximum Gasteiger partial charge on any atom is 0.301 e. The van der Waals surface area contributed by atoms with E-state index in [0.29, 0.717) is 41.0 Å². The first-order valence-corrected chi connectivity index (χ1v) is 13.4. The van der Waals surface area contributed by atoms with Gasteiger partial charge in [-0.25, -0.2) is 4.98 Å². The molecule has 0 saturated carbocycles. The Labute approximate surface area is 225 Å². The fourth-order valence-electron chi connectivity index (χ4n) is 4.51. The number of aromatic nitrogens is 1. The number of anilines is 1. The van der Waals surface area contributed by atoms with Gasteiger partial charge >= 0.3 is 5.91 Å². The van der Waals surface area contributed by atoms with Crippen LogP contribution in [0, 0.1) is 6.92 Å². The molecule has 7 nitrogen and oxygen atoms in total. The fraction of sp³-hybridized carbons (Fsp3) is 0.233. The van der Waals surface area contributed by atoms with Crippen molar-refractivity contribution in [3.63, 3.8) is 0 Å². The molecule has 0 bridgehead atoms. The van der Waals surface area contributed by atoms with Gasteiger partial charge in [-0.05, 0) is 55.7 Å². The van der Waals surface area contributed by atoms with Crippen LogP contribution in [0.25, 0.3) is 16.0 Å². The molecule has 38 heavy (non-hydrogen) atoms. The minimum atomic E-state index is -0.906. The molecule has 2 heterocycles. The molecule has 4 aromatic rings. The first kappa shape index (κ1) is 25.5. The molecule has 5 rings (SSSR count). The van der Waals surface area contributed by atoms with Crippen molar-refractivity contribution in [2.45, 2.75) is 33.2 Å². The quantitative estimate of drug-likeness (QED) is 0.161. The van der Waals surface area contributed by atoms with E-state index < -0.39 is 17.7 Å². The van der Waals surface area contributed by atoms with Crippen molar-refractivity contribution in [3.8, 4) is 11.5 Å². The Bertz CT molecular complexity index is 1540. The number of fused-ring (bicyclic) bond motifs is 1. The fourth-order valence-corrected chi connectivity index (χ4v) is 5.60. The van der Waals surface area contributed by atoms with Crippen LogP contribution in [-0.4, -0.2) is 35.0 Å². The van der Waals surface area contributed by atoms with Crippen molar-refractivity contribution < 1.29 is 24.2 Å². The Hall–Kier alpha value is -4.17. The normalized spacial score (nSPS) is 16.8. The van der Waals surface area contributed by atoms with Crippen molar-refractivity contribution in [2.75, 3.05) is 18.1 Å².